The van der Waals surface area contributed by atoms with E-state index in [-0.39, 0.29) is 20.6 Å². The number of nitrogens with zero attached hydrogens (tertiary/aromatic N) is 1. The lowest BCUT2D eigenvalue weighted by Crippen LogP contribution is -2.27. The average Bonchev–Trinajstić information content (AvgIpc) is 3.13. The molecule has 0 aromatic carbocycles. The molecule has 0 radical (unpaired) electrons. The first-order valence-corrected chi connectivity index (χ1v) is 9.58. The molecule has 2 rings (SSSR count). The fraction of sp³-hybridized carbons (Fsp3) is 0.222. The third-order valence-electron chi connectivity index (χ3n) is 2.99. The highest BCUT2D eigenvalue weighted by molar-refractivity contribution is 7.17. The molecule has 0 spiro atoms. The number of carbonyl (C=O) groups excluding carboxylic acids is 2. The average molecular weight is 422 g/mol. The van der Waals surface area contributed by atoms with E-state index in [0.717, 1.165) is 22.7 Å². The molecule has 2 aromatic rings. The largest absolute Gasteiger partial charge is 0.477 e. The van der Waals surface area contributed by atoms with Gasteiger partial charge in [0.2, 0.25) is 0 Å². The molecule has 0 saturated heterocycles. The second-order valence-corrected chi connectivity index (χ2v) is 8.74. The van der Waals surface area contributed by atoms with Gasteiger partial charge in [0.25, 0.3) is 5.91 Å². The van der Waals surface area contributed by atoms with Gasteiger partial charge in [0.1, 0.15) is 15.4 Å². The minimum atomic E-state index is -1.04. The highest BCUT2D eigenvalue weighted by Crippen LogP contribution is 2.19. The number of thiophene rings is 1. The second-order valence-electron chi connectivity index (χ2n) is 6.57. The zero-order valence-corrected chi connectivity index (χ0v) is 17.1. The summed E-state index contributed by atoms with van der Waals surface area (Å²) in [6.45, 7) is 12.7. The van der Waals surface area contributed by atoms with Crippen molar-refractivity contribution in [2.45, 2.75) is 26.4 Å². The fourth-order valence-corrected chi connectivity index (χ4v) is 3.40. The Morgan fingerprint density at radius 1 is 1.25 bits per heavy atom. The Labute approximate surface area is 168 Å². The van der Waals surface area contributed by atoms with Crippen molar-refractivity contribution in [3.8, 4) is 0 Å². The molecule has 0 saturated carbocycles. The number of amides is 2. The predicted octanol–water partition coefficient (Wildman–Crippen LogP) is 2.38. The summed E-state index contributed by atoms with van der Waals surface area (Å²) in [4.78, 5) is 39.4. The molecule has 3 N–H and O–H groups in total. The van der Waals surface area contributed by atoms with Gasteiger partial charge in [0, 0.05) is 10.2 Å². The first kappa shape index (κ1) is 21.3. The number of allylic oxidation sites excluding steroid dienone is 1. The monoisotopic (exact) mass is 421 g/mol. The molecule has 0 unspecified atom stereocenters. The highest BCUT2D eigenvalue weighted by atomic mass is 32.1. The smallest absolute Gasteiger partial charge is 0.413 e. The maximum atomic E-state index is 12.3. The SMILES string of the molecule is C=C(/C=c1/cc(C(=O)O)sc1=C)NC(=O)c1cnc(NC(=O)OC(C)(C)C)s1. The minimum absolute atomic E-state index is 0.149. The van der Waals surface area contributed by atoms with Crippen molar-refractivity contribution >= 4 is 58.4 Å². The lowest BCUT2D eigenvalue weighted by Gasteiger charge is -2.18. The van der Waals surface area contributed by atoms with Gasteiger partial charge in [-0.1, -0.05) is 24.5 Å². The lowest BCUT2D eigenvalue weighted by molar-refractivity contribution is 0.0634. The van der Waals surface area contributed by atoms with Crippen LogP contribution in [-0.4, -0.2) is 33.7 Å². The number of rotatable bonds is 5. The minimum Gasteiger partial charge on any atom is -0.477 e. The van der Waals surface area contributed by atoms with Gasteiger partial charge in [-0.3, -0.25) is 10.1 Å². The molecule has 2 aromatic heterocycles. The van der Waals surface area contributed by atoms with Crippen molar-refractivity contribution in [3.05, 3.63) is 44.0 Å². The van der Waals surface area contributed by atoms with E-state index in [2.05, 4.69) is 28.8 Å². The number of carbonyl (C=O) groups is 3. The summed E-state index contributed by atoms with van der Waals surface area (Å²) in [6, 6.07) is 1.46. The van der Waals surface area contributed by atoms with Gasteiger partial charge >= 0.3 is 12.1 Å². The summed E-state index contributed by atoms with van der Waals surface area (Å²) in [5.74, 6) is -1.51. The van der Waals surface area contributed by atoms with Crippen molar-refractivity contribution in [1.82, 2.24) is 10.3 Å². The van der Waals surface area contributed by atoms with Crippen LogP contribution in [0.5, 0.6) is 0 Å². The molecule has 0 fully saturated rings. The molecule has 28 heavy (non-hydrogen) atoms. The fourth-order valence-electron chi connectivity index (χ4n) is 1.93. The standard InChI is InChI=1S/C18H19N3O5S2/c1-9(6-11-7-12(15(23)24)27-10(11)2)20-14(22)13-8-19-16(28-13)21-17(25)26-18(3,4)5/h6-8H,1-2H2,3-5H3,(H,20,22)(H,23,24)(H,19,21,25)/b11-6-. The number of nitrogens with one attached hydrogen (secondary N) is 2. The van der Waals surface area contributed by atoms with Gasteiger partial charge in [-0.2, -0.15) is 0 Å². The van der Waals surface area contributed by atoms with Crippen molar-refractivity contribution in [2.75, 3.05) is 5.32 Å². The number of hydrogen-bond donors (Lipinski definition) is 3. The van der Waals surface area contributed by atoms with E-state index in [4.69, 9.17) is 9.84 Å². The Bertz CT molecular complexity index is 1050. The summed E-state index contributed by atoms with van der Waals surface area (Å²) >= 11 is 2.01. The van der Waals surface area contributed by atoms with Crippen LogP contribution in [0.2, 0.25) is 0 Å². The van der Waals surface area contributed by atoms with Crippen LogP contribution >= 0.6 is 22.7 Å². The summed E-state index contributed by atoms with van der Waals surface area (Å²) in [6.07, 6.45) is 2.19. The van der Waals surface area contributed by atoms with E-state index in [9.17, 15) is 14.4 Å². The lowest BCUT2D eigenvalue weighted by atomic mass is 10.2. The number of thiazole rings is 1. The van der Waals surface area contributed by atoms with Crippen molar-refractivity contribution < 1.29 is 24.2 Å². The molecule has 10 heteroatoms. The second kappa shape index (κ2) is 8.36. The van der Waals surface area contributed by atoms with E-state index in [0.29, 0.717) is 9.75 Å². The molecular formula is C18H19N3O5S2. The van der Waals surface area contributed by atoms with Crippen molar-refractivity contribution in [1.29, 1.82) is 0 Å². The van der Waals surface area contributed by atoms with Crippen molar-refractivity contribution in [3.63, 3.8) is 0 Å². The van der Waals surface area contributed by atoms with E-state index in [1.165, 1.54) is 18.3 Å². The molecule has 0 aliphatic heterocycles. The Morgan fingerprint density at radius 3 is 2.50 bits per heavy atom. The number of aromatic carboxylic acids is 1. The van der Waals surface area contributed by atoms with Crippen LogP contribution in [0.1, 0.15) is 40.1 Å². The summed E-state index contributed by atoms with van der Waals surface area (Å²) < 4.78 is 5.67. The number of carboxylic acids is 1. The summed E-state index contributed by atoms with van der Waals surface area (Å²) in [5, 5.41) is 14.8. The van der Waals surface area contributed by atoms with Crippen LogP contribution in [0.3, 0.4) is 0 Å². The molecule has 2 heterocycles. The molecule has 2 amide bonds. The molecule has 0 atom stereocenters. The third-order valence-corrected chi connectivity index (χ3v) is 4.90. The van der Waals surface area contributed by atoms with Gasteiger partial charge in [-0.05, 0) is 38.1 Å². The van der Waals surface area contributed by atoms with Crippen LogP contribution < -0.4 is 20.4 Å². The molecular weight excluding hydrogens is 402 g/mol. The Balaban J connectivity index is 2.04. The first-order valence-electron chi connectivity index (χ1n) is 7.94. The van der Waals surface area contributed by atoms with Crippen LogP contribution in [0.4, 0.5) is 9.93 Å². The predicted molar refractivity (Wildman–Crippen MR) is 109 cm³/mol. The van der Waals surface area contributed by atoms with E-state index < -0.39 is 23.6 Å². The Morgan fingerprint density at radius 2 is 1.93 bits per heavy atom. The van der Waals surface area contributed by atoms with Crippen LogP contribution in [0.15, 0.2) is 24.5 Å². The number of aromatic nitrogens is 1. The zero-order chi connectivity index (χ0) is 21.1. The van der Waals surface area contributed by atoms with E-state index >= 15 is 0 Å². The molecule has 0 bridgehead atoms. The van der Waals surface area contributed by atoms with Crippen LogP contribution in [-0.2, 0) is 4.74 Å². The topological polar surface area (TPSA) is 118 Å². The zero-order valence-electron chi connectivity index (χ0n) is 15.5. The van der Waals surface area contributed by atoms with Gasteiger partial charge in [-0.25, -0.2) is 14.6 Å². The molecule has 148 valence electrons. The summed E-state index contributed by atoms with van der Waals surface area (Å²) in [5.41, 5.74) is -0.385. The Kier molecular flexibility index (Phi) is 6.37. The van der Waals surface area contributed by atoms with Crippen LogP contribution in [0.25, 0.3) is 12.7 Å². The van der Waals surface area contributed by atoms with E-state index in [1.54, 1.807) is 20.8 Å². The van der Waals surface area contributed by atoms with Crippen molar-refractivity contribution in [2.24, 2.45) is 0 Å². The normalized spacial score (nSPS) is 11.8. The molecule has 0 aliphatic carbocycles. The van der Waals surface area contributed by atoms with Gasteiger partial charge in [0.15, 0.2) is 5.13 Å². The van der Waals surface area contributed by atoms with Gasteiger partial charge in [-0.15, -0.1) is 11.3 Å². The maximum absolute atomic E-state index is 12.3. The molecule has 8 nitrogen and oxygen atoms in total. The number of carboxylic acid groups (broad SMARTS) is 1. The maximum Gasteiger partial charge on any atom is 0.413 e. The number of hydrogen-bond acceptors (Lipinski definition) is 7. The van der Waals surface area contributed by atoms with E-state index in [1.807, 2.05) is 0 Å². The Hall–Kier alpha value is -2.98. The van der Waals surface area contributed by atoms with Crippen LogP contribution in [0, 0.1) is 0 Å². The number of ether oxygens (including phenoxy) is 1. The molecule has 0 aliphatic rings. The van der Waals surface area contributed by atoms with Gasteiger partial charge in [0.05, 0.1) is 6.20 Å². The quantitative estimate of drug-likeness (QED) is 0.682. The highest BCUT2D eigenvalue weighted by Gasteiger charge is 2.18. The first-order chi connectivity index (χ1) is 12.9. The third kappa shape index (κ3) is 6.03. The van der Waals surface area contributed by atoms with Gasteiger partial charge < -0.3 is 15.2 Å². The summed E-state index contributed by atoms with van der Waals surface area (Å²) in [7, 11) is 0. The number of anilines is 1.